The number of hydrogen-bond donors (Lipinski definition) is 0. The molecule has 0 radical (unpaired) electrons. The molecule has 24 heavy (non-hydrogen) atoms. The molecule has 0 spiro atoms. The van der Waals surface area contributed by atoms with Crippen LogP contribution in [0.4, 0.5) is 5.82 Å². The van der Waals surface area contributed by atoms with Gasteiger partial charge in [0.2, 0.25) is 0 Å². The van der Waals surface area contributed by atoms with E-state index in [0.29, 0.717) is 6.61 Å². The molecule has 0 saturated heterocycles. The summed E-state index contributed by atoms with van der Waals surface area (Å²) in [5.74, 6) is 1.79. The van der Waals surface area contributed by atoms with Gasteiger partial charge in [0.15, 0.2) is 0 Å². The van der Waals surface area contributed by atoms with Crippen LogP contribution in [0.25, 0.3) is 0 Å². The molecule has 0 amide bonds. The molecule has 4 rings (SSSR count). The number of ether oxygens (including phenoxy) is 1. The van der Waals surface area contributed by atoms with Crippen LogP contribution in [0.5, 0.6) is 5.75 Å². The van der Waals surface area contributed by atoms with E-state index in [0.717, 1.165) is 36.6 Å². The van der Waals surface area contributed by atoms with Gasteiger partial charge in [0, 0.05) is 43.4 Å². The largest absolute Gasteiger partial charge is 0.487 e. The number of rotatable bonds is 4. The molecule has 0 saturated carbocycles. The molecule has 0 bridgehead atoms. The van der Waals surface area contributed by atoms with Crippen molar-refractivity contribution >= 4 is 5.82 Å². The van der Waals surface area contributed by atoms with Gasteiger partial charge in [0.05, 0.1) is 6.20 Å². The maximum Gasteiger partial charge on any atom is 0.138 e. The number of nitrogens with zero attached hydrogens (tertiary/aromatic N) is 4. The summed E-state index contributed by atoms with van der Waals surface area (Å²) in [6.07, 6.45) is 10.1. The Kier molecular flexibility index (Phi) is 4.06. The van der Waals surface area contributed by atoms with Crippen LogP contribution in [-0.4, -0.2) is 21.5 Å². The third-order valence-corrected chi connectivity index (χ3v) is 4.23. The van der Waals surface area contributed by atoms with Crippen molar-refractivity contribution in [2.45, 2.75) is 19.6 Å². The van der Waals surface area contributed by atoms with Crippen molar-refractivity contribution in [2.75, 3.05) is 11.4 Å². The lowest BCUT2D eigenvalue weighted by Gasteiger charge is -2.30. The van der Waals surface area contributed by atoms with Crippen molar-refractivity contribution in [3.05, 3.63) is 78.0 Å². The molecule has 5 nitrogen and oxygen atoms in total. The van der Waals surface area contributed by atoms with E-state index in [1.807, 2.05) is 48.9 Å². The molecule has 120 valence electrons. The lowest BCUT2D eigenvalue weighted by molar-refractivity contribution is 0.303. The van der Waals surface area contributed by atoms with E-state index in [2.05, 4.69) is 19.9 Å². The van der Waals surface area contributed by atoms with E-state index in [1.54, 1.807) is 12.4 Å². The van der Waals surface area contributed by atoms with Gasteiger partial charge in [0.1, 0.15) is 18.2 Å². The van der Waals surface area contributed by atoms with Crippen molar-refractivity contribution in [1.82, 2.24) is 15.0 Å². The van der Waals surface area contributed by atoms with Gasteiger partial charge in [-0.2, -0.15) is 0 Å². The van der Waals surface area contributed by atoms with E-state index in [1.165, 1.54) is 11.1 Å². The third kappa shape index (κ3) is 3.06. The zero-order valence-corrected chi connectivity index (χ0v) is 13.3. The van der Waals surface area contributed by atoms with Gasteiger partial charge in [-0.25, -0.2) is 4.98 Å². The SMILES string of the molecule is c1ccc(N2CCc3c(COc4cccnc4)cncc3C2)nc1. The smallest absolute Gasteiger partial charge is 0.138 e. The van der Waals surface area contributed by atoms with Crippen LogP contribution in [0, 0.1) is 0 Å². The second kappa shape index (κ2) is 6.66. The second-order valence-electron chi connectivity index (χ2n) is 5.77. The fourth-order valence-corrected chi connectivity index (χ4v) is 3.02. The molecular weight excluding hydrogens is 300 g/mol. The maximum absolute atomic E-state index is 5.84. The number of anilines is 1. The van der Waals surface area contributed by atoms with Crippen LogP contribution in [0.3, 0.4) is 0 Å². The van der Waals surface area contributed by atoms with Gasteiger partial charge in [-0.3, -0.25) is 9.97 Å². The summed E-state index contributed by atoms with van der Waals surface area (Å²) in [5, 5.41) is 0. The summed E-state index contributed by atoms with van der Waals surface area (Å²) < 4.78 is 5.84. The molecule has 5 heteroatoms. The Labute approximate surface area is 141 Å². The average Bonchev–Trinajstić information content (AvgIpc) is 2.67. The Balaban J connectivity index is 1.51. The summed E-state index contributed by atoms with van der Waals surface area (Å²) in [4.78, 5) is 15.2. The van der Waals surface area contributed by atoms with Gasteiger partial charge >= 0.3 is 0 Å². The summed E-state index contributed by atoms with van der Waals surface area (Å²) in [7, 11) is 0. The molecule has 0 N–H and O–H groups in total. The topological polar surface area (TPSA) is 51.1 Å². The predicted molar refractivity (Wildman–Crippen MR) is 91.8 cm³/mol. The molecule has 0 atom stereocenters. The number of aromatic nitrogens is 3. The van der Waals surface area contributed by atoms with Gasteiger partial charge in [-0.1, -0.05) is 6.07 Å². The maximum atomic E-state index is 5.84. The Hall–Kier alpha value is -2.95. The highest BCUT2D eigenvalue weighted by atomic mass is 16.5. The first-order valence-corrected chi connectivity index (χ1v) is 8.03. The van der Waals surface area contributed by atoms with Crippen LogP contribution in [0.1, 0.15) is 16.7 Å². The van der Waals surface area contributed by atoms with E-state index in [4.69, 9.17) is 4.74 Å². The minimum absolute atomic E-state index is 0.519. The Bertz CT molecular complexity index is 794. The van der Waals surface area contributed by atoms with Crippen molar-refractivity contribution in [3.8, 4) is 5.75 Å². The predicted octanol–water partition coefficient (Wildman–Crippen LogP) is 3.01. The normalized spacial score (nSPS) is 13.4. The van der Waals surface area contributed by atoms with Crippen LogP contribution in [-0.2, 0) is 19.6 Å². The molecule has 3 aromatic rings. The lowest BCUT2D eigenvalue weighted by Crippen LogP contribution is -2.31. The van der Waals surface area contributed by atoms with Gasteiger partial charge < -0.3 is 9.64 Å². The fraction of sp³-hybridized carbons (Fsp3) is 0.211. The lowest BCUT2D eigenvalue weighted by atomic mass is 9.97. The van der Waals surface area contributed by atoms with Gasteiger partial charge in [-0.05, 0) is 41.8 Å². The van der Waals surface area contributed by atoms with E-state index >= 15 is 0 Å². The van der Waals surface area contributed by atoms with Crippen molar-refractivity contribution in [2.24, 2.45) is 0 Å². The molecule has 4 heterocycles. The highest BCUT2D eigenvalue weighted by molar-refractivity contribution is 5.45. The Morgan fingerprint density at radius 1 is 1.00 bits per heavy atom. The average molecular weight is 318 g/mol. The Morgan fingerprint density at radius 2 is 2.00 bits per heavy atom. The highest BCUT2D eigenvalue weighted by Gasteiger charge is 2.20. The molecule has 3 aromatic heterocycles. The second-order valence-corrected chi connectivity index (χ2v) is 5.77. The first-order valence-electron chi connectivity index (χ1n) is 8.03. The summed E-state index contributed by atoms with van der Waals surface area (Å²) in [5.41, 5.74) is 3.75. The van der Waals surface area contributed by atoms with Gasteiger partial charge in [0.25, 0.3) is 0 Å². The first-order chi connectivity index (χ1) is 11.9. The van der Waals surface area contributed by atoms with Crippen LogP contribution in [0.2, 0.25) is 0 Å². The molecule has 0 aromatic carbocycles. The van der Waals surface area contributed by atoms with Crippen LogP contribution < -0.4 is 9.64 Å². The van der Waals surface area contributed by atoms with E-state index in [9.17, 15) is 0 Å². The molecule has 1 aliphatic heterocycles. The van der Waals surface area contributed by atoms with Crippen molar-refractivity contribution < 1.29 is 4.74 Å². The zero-order chi connectivity index (χ0) is 16.2. The van der Waals surface area contributed by atoms with Crippen LogP contribution in [0.15, 0.2) is 61.3 Å². The summed E-state index contributed by atoms with van der Waals surface area (Å²) >= 11 is 0. The van der Waals surface area contributed by atoms with Crippen LogP contribution >= 0.6 is 0 Å². The fourth-order valence-electron chi connectivity index (χ4n) is 3.02. The molecule has 0 aliphatic carbocycles. The molecular formula is C19H18N4O. The monoisotopic (exact) mass is 318 g/mol. The van der Waals surface area contributed by atoms with Crippen molar-refractivity contribution in [1.29, 1.82) is 0 Å². The standard InChI is InChI=1S/C19H18N4O/c1-2-8-22-19(5-1)23-9-6-18-15(13-23)10-21-11-16(18)14-24-17-4-3-7-20-12-17/h1-5,7-8,10-12H,6,9,13-14H2. The third-order valence-electron chi connectivity index (χ3n) is 4.23. The number of pyridine rings is 3. The summed E-state index contributed by atoms with van der Waals surface area (Å²) in [6.45, 7) is 2.31. The first kappa shape index (κ1) is 14.6. The Morgan fingerprint density at radius 3 is 2.83 bits per heavy atom. The van der Waals surface area contributed by atoms with E-state index < -0.39 is 0 Å². The minimum atomic E-state index is 0.519. The van der Waals surface area contributed by atoms with Crippen molar-refractivity contribution in [3.63, 3.8) is 0 Å². The summed E-state index contributed by atoms with van der Waals surface area (Å²) in [6, 6.07) is 9.80. The molecule has 0 fully saturated rings. The highest BCUT2D eigenvalue weighted by Crippen LogP contribution is 2.25. The quantitative estimate of drug-likeness (QED) is 0.740. The number of fused-ring (bicyclic) bond motifs is 1. The number of hydrogen-bond acceptors (Lipinski definition) is 5. The van der Waals surface area contributed by atoms with E-state index in [-0.39, 0.29) is 0 Å². The zero-order valence-electron chi connectivity index (χ0n) is 13.3. The minimum Gasteiger partial charge on any atom is -0.487 e. The molecule has 0 unspecified atom stereocenters. The molecule has 1 aliphatic rings. The van der Waals surface area contributed by atoms with Gasteiger partial charge in [-0.15, -0.1) is 0 Å².